The maximum atomic E-state index is 11.6. The van der Waals surface area contributed by atoms with Crippen LogP contribution in [-0.4, -0.2) is 29.3 Å². The number of nitrogens with zero attached hydrogens (tertiary/aromatic N) is 1. The van der Waals surface area contributed by atoms with Crippen LogP contribution in [0.25, 0.3) is 0 Å². The molecule has 0 aromatic rings. The highest BCUT2D eigenvalue weighted by Gasteiger charge is 2.27. The monoisotopic (exact) mass is 209 g/mol. The van der Waals surface area contributed by atoms with Crippen LogP contribution < -0.4 is 0 Å². The smallest absolute Gasteiger partial charge is 0.312 e. The zero-order valence-corrected chi connectivity index (χ0v) is 9.59. The minimum atomic E-state index is -3.50. The summed E-state index contributed by atoms with van der Waals surface area (Å²) < 4.78 is 17.9. The maximum absolute atomic E-state index is 11.6. The van der Waals surface area contributed by atoms with Crippen molar-refractivity contribution in [2.75, 3.05) is 19.7 Å². The van der Waals surface area contributed by atoms with Crippen molar-refractivity contribution in [1.29, 1.82) is 0 Å². The molecular formula is C8H20NO3P. The summed E-state index contributed by atoms with van der Waals surface area (Å²) in [4.78, 5) is 9.50. The van der Waals surface area contributed by atoms with Crippen molar-refractivity contribution in [1.82, 2.24) is 4.67 Å². The van der Waals surface area contributed by atoms with E-state index in [1.807, 2.05) is 13.8 Å². The predicted octanol–water partition coefficient (Wildman–Crippen LogP) is 2.25. The molecule has 0 saturated carbocycles. The molecular weight excluding hydrogens is 189 g/mol. The average molecular weight is 209 g/mol. The van der Waals surface area contributed by atoms with Gasteiger partial charge in [-0.25, -0.2) is 9.24 Å². The Bertz CT molecular complexity index is 169. The van der Waals surface area contributed by atoms with Gasteiger partial charge in [-0.1, -0.05) is 13.8 Å². The molecule has 0 aromatic carbocycles. The summed E-state index contributed by atoms with van der Waals surface area (Å²) in [5, 5.41) is 0. The first-order valence-corrected chi connectivity index (χ1v) is 6.34. The van der Waals surface area contributed by atoms with Crippen molar-refractivity contribution in [2.24, 2.45) is 0 Å². The third-order valence-corrected chi connectivity index (χ3v) is 3.33. The summed E-state index contributed by atoms with van der Waals surface area (Å²) in [6.45, 7) is 7.18. The summed E-state index contributed by atoms with van der Waals surface area (Å²) in [5.41, 5.74) is 0. The molecule has 0 radical (unpaired) electrons. The minimum Gasteiger partial charge on any atom is -0.312 e. The molecule has 0 aromatic heterocycles. The van der Waals surface area contributed by atoms with Crippen molar-refractivity contribution < 1.29 is 14.0 Å². The van der Waals surface area contributed by atoms with Crippen molar-refractivity contribution in [3.05, 3.63) is 0 Å². The molecule has 0 aliphatic heterocycles. The lowest BCUT2D eigenvalue weighted by atomic mass is 10.4. The van der Waals surface area contributed by atoms with Crippen LogP contribution in [-0.2, 0) is 9.09 Å². The topological polar surface area (TPSA) is 49.8 Å². The Labute approximate surface area is 80.5 Å². The number of rotatable bonds is 7. The Hall–Kier alpha value is 0.110. The van der Waals surface area contributed by atoms with E-state index in [0.29, 0.717) is 13.1 Å². The van der Waals surface area contributed by atoms with Gasteiger partial charge in [0.15, 0.2) is 0 Å². The van der Waals surface area contributed by atoms with Gasteiger partial charge in [0, 0.05) is 13.1 Å². The first-order chi connectivity index (χ1) is 6.08. The highest BCUT2D eigenvalue weighted by Crippen LogP contribution is 2.46. The second-order valence-corrected chi connectivity index (χ2v) is 4.67. The molecule has 0 saturated heterocycles. The molecule has 0 rings (SSSR count). The third kappa shape index (κ3) is 4.77. The van der Waals surface area contributed by atoms with E-state index in [1.165, 1.54) is 4.67 Å². The van der Waals surface area contributed by atoms with Crippen molar-refractivity contribution >= 4 is 7.75 Å². The molecule has 0 aliphatic carbocycles. The predicted molar refractivity (Wildman–Crippen MR) is 53.6 cm³/mol. The molecule has 13 heavy (non-hydrogen) atoms. The minimum absolute atomic E-state index is 0.276. The summed E-state index contributed by atoms with van der Waals surface area (Å²) in [5.74, 6) is 0. The molecule has 1 unspecified atom stereocenters. The molecule has 0 bridgehead atoms. The lowest BCUT2D eigenvalue weighted by Gasteiger charge is -2.25. The molecule has 5 heteroatoms. The highest BCUT2D eigenvalue weighted by molar-refractivity contribution is 7.50. The highest BCUT2D eigenvalue weighted by atomic mass is 31.2. The summed E-state index contributed by atoms with van der Waals surface area (Å²) in [7, 11) is -3.50. The van der Waals surface area contributed by atoms with Gasteiger partial charge in [-0.2, -0.15) is 0 Å². The van der Waals surface area contributed by atoms with Crippen molar-refractivity contribution in [3.8, 4) is 0 Å². The molecule has 0 spiro atoms. The van der Waals surface area contributed by atoms with Gasteiger partial charge in [0.2, 0.25) is 0 Å². The zero-order chi connectivity index (χ0) is 10.3. The Morgan fingerprint density at radius 3 is 2.00 bits per heavy atom. The first-order valence-electron chi connectivity index (χ1n) is 4.81. The standard InChI is InChI=1S/C8H20NO3P/c1-4-7-9(8-5-2)13(10,11)12-6-3/h4-8H2,1-3H3,(H,10,11). The van der Waals surface area contributed by atoms with E-state index in [4.69, 9.17) is 4.52 Å². The van der Waals surface area contributed by atoms with Gasteiger partial charge in [-0.3, -0.25) is 4.52 Å². The Morgan fingerprint density at radius 2 is 1.69 bits per heavy atom. The molecule has 80 valence electrons. The second-order valence-electron chi connectivity index (χ2n) is 2.86. The SMILES string of the molecule is CCCN(CCC)P(=O)(O)OCC. The van der Waals surface area contributed by atoms with Gasteiger partial charge in [0.1, 0.15) is 0 Å². The van der Waals surface area contributed by atoms with Gasteiger partial charge >= 0.3 is 7.75 Å². The number of hydrogen-bond donors (Lipinski definition) is 1. The molecule has 0 heterocycles. The summed E-state index contributed by atoms with van der Waals surface area (Å²) in [6, 6.07) is 0. The average Bonchev–Trinajstić information content (AvgIpc) is 2.04. The van der Waals surface area contributed by atoms with E-state index < -0.39 is 7.75 Å². The van der Waals surface area contributed by atoms with E-state index in [2.05, 4.69) is 0 Å². The molecule has 0 fully saturated rings. The van der Waals surface area contributed by atoms with E-state index in [9.17, 15) is 9.46 Å². The zero-order valence-electron chi connectivity index (χ0n) is 8.69. The number of hydrogen-bond acceptors (Lipinski definition) is 2. The van der Waals surface area contributed by atoms with Crippen LogP contribution in [0.1, 0.15) is 33.6 Å². The second kappa shape index (κ2) is 6.55. The first kappa shape index (κ1) is 13.1. The van der Waals surface area contributed by atoms with Crippen LogP contribution in [0.4, 0.5) is 0 Å². The maximum Gasteiger partial charge on any atom is 0.405 e. The van der Waals surface area contributed by atoms with Crippen molar-refractivity contribution in [2.45, 2.75) is 33.6 Å². The molecule has 0 aliphatic rings. The Morgan fingerprint density at radius 1 is 1.23 bits per heavy atom. The molecule has 1 N–H and O–H groups in total. The van der Waals surface area contributed by atoms with Crippen LogP contribution in [0.5, 0.6) is 0 Å². The summed E-state index contributed by atoms with van der Waals surface area (Å²) in [6.07, 6.45) is 1.72. The van der Waals surface area contributed by atoms with E-state index in [-0.39, 0.29) is 6.61 Å². The third-order valence-electron chi connectivity index (χ3n) is 1.62. The largest absolute Gasteiger partial charge is 0.405 e. The van der Waals surface area contributed by atoms with Crippen molar-refractivity contribution in [3.63, 3.8) is 0 Å². The van der Waals surface area contributed by atoms with Gasteiger partial charge in [0.25, 0.3) is 0 Å². The quantitative estimate of drug-likeness (QED) is 0.653. The Balaban J connectivity index is 4.23. The van der Waals surface area contributed by atoms with Crippen LogP contribution in [0.3, 0.4) is 0 Å². The Kier molecular flexibility index (Phi) is 6.60. The molecule has 1 atom stereocenters. The van der Waals surface area contributed by atoms with Gasteiger partial charge in [0.05, 0.1) is 6.61 Å². The van der Waals surface area contributed by atoms with Gasteiger partial charge in [-0.15, -0.1) is 0 Å². The van der Waals surface area contributed by atoms with E-state index in [1.54, 1.807) is 6.92 Å². The normalized spacial score (nSPS) is 16.1. The fourth-order valence-corrected chi connectivity index (χ4v) is 2.54. The van der Waals surface area contributed by atoms with Crippen LogP contribution in [0, 0.1) is 0 Å². The molecule has 0 amide bonds. The van der Waals surface area contributed by atoms with Crippen LogP contribution >= 0.6 is 7.75 Å². The lowest BCUT2D eigenvalue weighted by molar-refractivity contribution is 0.209. The van der Waals surface area contributed by atoms with Crippen LogP contribution in [0.15, 0.2) is 0 Å². The fourth-order valence-electron chi connectivity index (χ4n) is 1.13. The lowest BCUT2D eigenvalue weighted by Crippen LogP contribution is -2.23. The summed E-state index contributed by atoms with van der Waals surface area (Å²) >= 11 is 0. The van der Waals surface area contributed by atoms with Gasteiger partial charge in [-0.05, 0) is 19.8 Å². The van der Waals surface area contributed by atoms with Gasteiger partial charge < -0.3 is 4.89 Å². The van der Waals surface area contributed by atoms with Crippen LogP contribution in [0.2, 0.25) is 0 Å². The van der Waals surface area contributed by atoms with E-state index in [0.717, 1.165) is 12.8 Å². The fraction of sp³-hybridized carbons (Fsp3) is 1.00. The molecule has 4 nitrogen and oxygen atoms in total. The van der Waals surface area contributed by atoms with E-state index >= 15 is 0 Å².